The van der Waals surface area contributed by atoms with Gasteiger partial charge in [-0.3, -0.25) is 4.67 Å². The molecule has 1 atom stereocenters. The molecule has 2 aliphatic heterocycles. The number of hydrogen-bond acceptors (Lipinski definition) is 3. The van der Waals surface area contributed by atoms with Crippen molar-refractivity contribution in [2.75, 3.05) is 39.4 Å². The van der Waals surface area contributed by atoms with E-state index in [1.807, 2.05) is 0 Å². The smallest absolute Gasteiger partial charge is 0.0693 e. The normalized spacial score (nSPS) is 23.5. The zero-order chi connectivity index (χ0) is 22.5. The Morgan fingerprint density at radius 1 is 0.758 bits per heavy atom. The first kappa shape index (κ1) is 23.1. The van der Waals surface area contributed by atoms with Gasteiger partial charge in [-0.2, -0.15) is 0 Å². The molecule has 33 heavy (non-hydrogen) atoms. The number of hydrogen-bond donors (Lipinski definition) is 0. The van der Waals surface area contributed by atoms with Crippen LogP contribution in [0.15, 0.2) is 77.2 Å². The lowest BCUT2D eigenvalue weighted by Crippen LogP contribution is -2.37. The predicted octanol–water partition coefficient (Wildman–Crippen LogP) is 6.00. The van der Waals surface area contributed by atoms with Crippen LogP contribution in [0.4, 0.5) is 0 Å². The minimum absolute atomic E-state index is 0.782. The van der Waals surface area contributed by atoms with Gasteiger partial charge in [-0.15, -0.1) is 0 Å². The molecule has 0 saturated carbocycles. The molecule has 0 bridgehead atoms. The van der Waals surface area contributed by atoms with Crippen LogP contribution in [0, 0.1) is 0 Å². The zero-order valence-corrected chi connectivity index (χ0v) is 21.2. The number of morpholine rings is 1. The molecule has 2 saturated heterocycles. The van der Waals surface area contributed by atoms with Crippen molar-refractivity contribution in [1.29, 1.82) is 0 Å². The van der Waals surface area contributed by atoms with Crippen molar-refractivity contribution in [3.8, 4) is 0 Å². The number of allylic oxidation sites excluding steroid dienone is 2. The van der Waals surface area contributed by atoms with Gasteiger partial charge < -0.3 is 9.64 Å². The van der Waals surface area contributed by atoms with E-state index in [0.29, 0.717) is 0 Å². The number of rotatable bonds is 5. The molecular weight excluding hydrogens is 443 g/mol. The Morgan fingerprint density at radius 3 is 2.06 bits per heavy atom. The van der Waals surface area contributed by atoms with Gasteiger partial charge in [-0.05, 0) is 42.9 Å². The molecule has 2 heterocycles. The van der Waals surface area contributed by atoms with E-state index in [9.17, 15) is 0 Å². The summed E-state index contributed by atoms with van der Waals surface area (Å²) in [6.45, 7) is 5.73. The van der Waals surface area contributed by atoms with E-state index in [4.69, 9.17) is 16.5 Å². The summed E-state index contributed by atoms with van der Waals surface area (Å²) in [5.74, 6) is 0. The summed E-state index contributed by atoms with van der Waals surface area (Å²) >= 11 is 6.82. The maximum Gasteiger partial charge on any atom is 0.0693 e. The minimum atomic E-state index is -2.09. The van der Waals surface area contributed by atoms with Crippen LogP contribution < -0.4 is 5.30 Å². The second kappa shape index (κ2) is 10.7. The number of benzene rings is 2. The monoisotopic (exact) mass is 478 g/mol. The summed E-state index contributed by atoms with van der Waals surface area (Å²) in [6.07, 6.45) is 7.74. The van der Waals surface area contributed by atoms with Gasteiger partial charge in [0.2, 0.25) is 0 Å². The molecule has 0 radical (unpaired) electrons. The van der Waals surface area contributed by atoms with Crippen LogP contribution in [-0.4, -0.2) is 49.0 Å². The van der Waals surface area contributed by atoms with Crippen LogP contribution in [-0.2, 0) is 16.5 Å². The van der Waals surface area contributed by atoms with Crippen molar-refractivity contribution in [3.05, 3.63) is 82.8 Å². The minimum Gasteiger partial charge on any atom is -0.379 e. The molecular formula is C28H35N2OPS. The average molecular weight is 479 g/mol. The van der Waals surface area contributed by atoms with Crippen LogP contribution in [0.5, 0.6) is 0 Å². The van der Waals surface area contributed by atoms with Gasteiger partial charge >= 0.3 is 0 Å². The molecule has 174 valence electrons. The first-order valence-corrected chi connectivity index (χ1v) is 15.3. The van der Waals surface area contributed by atoms with Crippen molar-refractivity contribution in [2.24, 2.45) is 0 Å². The van der Waals surface area contributed by atoms with Gasteiger partial charge in [0.15, 0.2) is 0 Å². The molecule has 5 rings (SSSR count). The zero-order valence-electron chi connectivity index (χ0n) is 19.5. The third-order valence-electron chi connectivity index (χ3n) is 7.13. The standard InChI is InChI=1S/C28H35N2OPS/c33-32(26-13-7-4-8-14-26,30-19-21-31-22-20-30)27-16-15-25(23-24-11-5-3-6-12-24)28(27)29-17-9-1-2-10-18-29/h3-8,11-14,23H,1-2,9-10,15-22H2/b25-23-. The topological polar surface area (TPSA) is 15.7 Å². The molecule has 3 aliphatic rings. The molecule has 5 heteroatoms. The molecule has 1 unspecified atom stereocenters. The maximum atomic E-state index is 6.82. The van der Waals surface area contributed by atoms with Crippen molar-refractivity contribution >= 4 is 29.4 Å². The average Bonchev–Trinajstić information content (AvgIpc) is 3.11. The molecule has 0 N–H and O–H groups in total. The molecule has 2 aromatic carbocycles. The molecule has 2 fully saturated rings. The fraction of sp³-hybridized carbons (Fsp3) is 0.429. The summed E-state index contributed by atoms with van der Waals surface area (Å²) in [5, 5.41) is 2.87. The second-order valence-corrected chi connectivity index (χ2v) is 13.6. The van der Waals surface area contributed by atoms with Crippen LogP contribution in [0.25, 0.3) is 6.08 Å². The SMILES string of the molecule is S=P(C1=C(N2CCCCCC2)/C(=C\c2ccccc2)CC1)(c1ccccc1)N1CCOCC1. The van der Waals surface area contributed by atoms with E-state index in [1.54, 1.807) is 0 Å². The summed E-state index contributed by atoms with van der Waals surface area (Å²) in [4.78, 5) is 2.70. The van der Waals surface area contributed by atoms with Crippen LogP contribution >= 0.6 is 6.19 Å². The second-order valence-electron chi connectivity index (χ2n) is 9.25. The molecule has 2 aromatic rings. The fourth-order valence-electron chi connectivity index (χ4n) is 5.50. The van der Waals surface area contributed by atoms with Gasteiger partial charge in [0.25, 0.3) is 0 Å². The highest BCUT2D eigenvalue weighted by Crippen LogP contribution is 2.63. The molecule has 3 nitrogen and oxygen atoms in total. The van der Waals surface area contributed by atoms with Crippen molar-refractivity contribution in [1.82, 2.24) is 9.57 Å². The lowest BCUT2D eigenvalue weighted by atomic mass is 10.1. The Balaban J connectivity index is 1.67. The summed E-state index contributed by atoms with van der Waals surface area (Å²) < 4.78 is 8.36. The van der Waals surface area contributed by atoms with Crippen LogP contribution in [0.1, 0.15) is 44.1 Å². The highest BCUT2D eigenvalue weighted by atomic mass is 32.4. The van der Waals surface area contributed by atoms with Gasteiger partial charge in [0.1, 0.15) is 0 Å². The molecule has 1 aliphatic carbocycles. The molecule has 0 amide bonds. The van der Waals surface area contributed by atoms with Gasteiger partial charge in [0, 0.05) is 42.5 Å². The summed E-state index contributed by atoms with van der Waals surface area (Å²) in [6, 6.07) is 21.8. The van der Waals surface area contributed by atoms with E-state index in [2.05, 4.69) is 76.3 Å². The van der Waals surface area contributed by atoms with E-state index in [0.717, 1.165) is 52.2 Å². The molecule has 0 spiro atoms. The Kier molecular flexibility index (Phi) is 7.47. The first-order valence-electron chi connectivity index (χ1n) is 12.5. The van der Waals surface area contributed by atoms with Crippen molar-refractivity contribution < 1.29 is 4.74 Å². The quantitative estimate of drug-likeness (QED) is 0.489. The number of likely N-dealkylation sites (tertiary alicyclic amines) is 1. The Bertz CT molecular complexity index is 1040. The lowest BCUT2D eigenvalue weighted by molar-refractivity contribution is 0.0752. The van der Waals surface area contributed by atoms with Crippen molar-refractivity contribution in [2.45, 2.75) is 38.5 Å². The Morgan fingerprint density at radius 2 is 1.39 bits per heavy atom. The largest absolute Gasteiger partial charge is 0.379 e. The van der Waals surface area contributed by atoms with Crippen LogP contribution in [0.2, 0.25) is 0 Å². The van der Waals surface area contributed by atoms with E-state index in [1.165, 1.54) is 53.1 Å². The van der Waals surface area contributed by atoms with Gasteiger partial charge in [0.05, 0.1) is 19.4 Å². The number of ether oxygens (including phenoxy) is 1. The van der Waals surface area contributed by atoms with E-state index < -0.39 is 6.19 Å². The number of nitrogens with zero attached hydrogens (tertiary/aromatic N) is 2. The lowest BCUT2D eigenvalue weighted by Gasteiger charge is -2.40. The highest BCUT2D eigenvalue weighted by Gasteiger charge is 2.39. The van der Waals surface area contributed by atoms with Crippen molar-refractivity contribution in [3.63, 3.8) is 0 Å². The predicted molar refractivity (Wildman–Crippen MR) is 143 cm³/mol. The third-order valence-corrected chi connectivity index (χ3v) is 12.5. The Labute approximate surface area is 204 Å². The highest BCUT2D eigenvalue weighted by molar-refractivity contribution is 8.19. The third kappa shape index (κ3) is 4.91. The maximum absolute atomic E-state index is 6.82. The van der Waals surface area contributed by atoms with E-state index >= 15 is 0 Å². The molecule has 0 aromatic heterocycles. The van der Waals surface area contributed by atoms with Crippen LogP contribution in [0.3, 0.4) is 0 Å². The first-order chi connectivity index (χ1) is 16.3. The van der Waals surface area contributed by atoms with Gasteiger partial charge in [-0.25, -0.2) is 0 Å². The summed E-state index contributed by atoms with van der Waals surface area (Å²) in [5.41, 5.74) is 4.26. The summed E-state index contributed by atoms with van der Waals surface area (Å²) in [7, 11) is 0. The Hall–Kier alpha value is -1.71. The van der Waals surface area contributed by atoms with Gasteiger partial charge in [-0.1, -0.05) is 85.3 Å². The van der Waals surface area contributed by atoms with E-state index in [-0.39, 0.29) is 0 Å². The fourth-order valence-corrected chi connectivity index (χ4v) is 10.2.